The summed E-state index contributed by atoms with van der Waals surface area (Å²) >= 11 is 0. The van der Waals surface area contributed by atoms with Gasteiger partial charge in [0.05, 0.1) is 0 Å². The van der Waals surface area contributed by atoms with Crippen LogP contribution in [0.2, 0.25) is 0 Å². The minimum Gasteiger partial charge on any atom is -0.465 e. The predicted molar refractivity (Wildman–Crippen MR) is 254 cm³/mol. The van der Waals surface area contributed by atoms with E-state index in [0.29, 0.717) is 73.9 Å². The summed E-state index contributed by atoms with van der Waals surface area (Å²) in [6.07, 6.45) is 2.27. The van der Waals surface area contributed by atoms with Crippen LogP contribution >= 0.6 is 0 Å². The number of hydrogen-bond acceptors (Lipinski definition) is 11. The lowest BCUT2D eigenvalue weighted by atomic mass is 9.56. The van der Waals surface area contributed by atoms with Crippen LogP contribution in [-0.2, 0) is 41.1 Å². The Morgan fingerprint density at radius 2 is 1.01 bits per heavy atom. The standard InChI is InChI=1S/C51H59N9O8/c1-48(27-41(52)61)32-12-16-34(17-13-32)50(48,44(63)55-46(65)66)58-25-5-7-37(58)39-22-23-40(60(39)36-20-9-30(10-21-36)31-11-24-43(54-29-31)57(3)4)38-8-6-26-59(38)51(45(64)56-47(67)68)35-18-14-33(15-19-35)49(51,2)28-42(53)62/h9-21,24,29,37-40H,5-8,22-23,25-28H2,1-4H3,(H2,52,61)(H2,53,62)(H,55,63)(H,56,64)(H,65,66)(H,67,68)/t37?,38?,39-,40?,48?,49?,50-,51-/m1/s1. The van der Waals surface area contributed by atoms with Crippen molar-refractivity contribution in [3.63, 3.8) is 0 Å². The first-order chi connectivity index (χ1) is 32.4. The normalized spacial score (nSPS) is 29.5. The summed E-state index contributed by atoms with van der Waals surface area (Å²) in [6, 6.07) is 25.8. The largest absolute Gasteiger partial charge is 0.465 e. The van der Waals surface area contributed by atoms with Gasteiger partial charge in [-0.1, -0.05) is 74.5 Å². The van der Waals surface area contributed by atoms with Gasteiger partial charge in [0, 0.05) is 79.4 Å². The number of anilines is 2. The summed E-state index contributed by atoms with van der Waals surface area (Å²) in [5.41, 5.74) is 11.5. The third kappa shape index (κ3) is 6.91. The van der Waals surface area contributed by atoms with Crippen molar-refractivity contribution in [2.75, 3.05) is 37.0 Å². The summed E-state index contributed by atoms with van der Waals surface area (Å²) in [5, 5.41) is 24.7. The fourth-order valence-electron chi connectivity index (χ4n) is 13.6. The molecule has 0 saturated carbocycles. The number of aromatic nitrogens is 1. The molecule has 3 aromatic carbocycles. The molecule has 11 rings (SSSR count). The van der Waals surface area contributed by atoms with Gasteiger partial charge in [-0.3, -0.25) is 39.6 Å². The van der Waals surface area contributed by atoms with Crippen molar-refractivity contribution in [1.82, 2.24) is 25.4 Å². The second-order valence-corrected chi connectivity index (χ2v) is 19.8. The number of benzene rings is 3. The molecule has 356 valence electrons. The van der Waals surface area contributed by atoms with Crippen LogP contribution in [0.4, 0.5) is 21.1 Å². The van der Waals surface area contributed by atoms with Crippen molar-refractivity contribution in [1.29, 1.82) is 0 Å². The zero-order valence-corrected chi connectivity index (χ0v) is 38.8. The highest BCUT2D eigenvalue weighted by atomic mass is 16.4. The maximum Gasteiger partial charge on any atom is 0.411 e. The van der Waals surface area contributed by atoms with E-state index in [1.807, 2.05) is 99.7 Å². The van der Waals surface area contributed by atoms with E-state index >= 15 is 0 Å². The van der Waals surface area contributed by atoms with E-state index in [4.69, 9.17) is 11.5 Å². The van der Waals surface area contributed by atoms with Gasteiger partial charge >= 0.3 is 12.2 Å². The molecular formula is C51H59N9O8. The quantitative estimate of drug-likeness (QED) is 0.106. The van der Waals surface area contributed by atoms with Crippen LogP contribution < -0.4 is 31.9 Å². The predicted octanol–water partition coefficient (Wildman–Crippen LogP) is 4.75. The highest BCUT2D eigenvalue weighted by Crippen LogP contribution is 2.58. The fourth-order valence-corrected chi connectivity index (χ4v) is 13.6. The molecule has 0 radical (unpaired) electrons. The van der Waals surface area contributed by atoms with Gasteiger partial charge in [-0.15, -0.1) is 0 Å². The average molecular weight is 926 g/mol. The molecule has 68 heavy (non-hydrogen) atoms. The Morgan fingerprint density at radius 1 is 0.603 bits per heavy atom. The molecule has 4 aliphatic carbocycles. The Morgan fingerprint density at radius 3 is 1.38 bits per heavy atom. The van der Waals surface area contributed by atoms with Gasteiger partial charge in [-0.05, 0) is 104 Å². The van der Waals surface area contributed by atoms with E-state index in [9.17, 15) is 39.0 Å². The van der Waals surface area contributed by atoms with Crippen LogP contribution in [0.3, 0.4) is 0 Å². The molecule has 4 aromatic rings. The molecule has 8 N–H and O–H groups in total. The summed E-state index contributed by atoms with van der Waals surface area (Å²) in [7, 11) is 3.86. The van der Waals surface area contributed by atoms with Crippen molar-refractivity contribution < 1.29 is 39.0 Å². The smallest absolute Gasteiger partial charge is 0.411 e. The highest BCUT2D eigenvalue weighted by Gasteiger charge is 2.67. The van der Waals surface area contributed by atoms with Gasteiger partial charge in [0.1, 0.15) is 16.9 Å². The van der Waals surface area contributed by atoms with Crippen molar-refractivity contribution in [2.24, 2.45) is 11.5 Å². The number of imide groups is 2. The van der Waals surface area contributed by atoms with Crippen LogP contribution in [0.15, 0.2) is 91.1 Å². The Kier molecular flexibility index (Phi) is 11.6. The molecule has 0 spiro atoms. The molecule has 8 atom stereocenters. The number of carboxylic acid groups (broad SMARTS) is 2. The highest BCUT2D eigenvalue weighted by molar-refractivity contribution is 6.01. The molecule has 17 heteroatoms. The molecule has 3 fully saturated rings. The van der Waals surface area contributed by atoms with E-state index in [-0.39, 0.29) is 37.0 Å². The van der Waals surface area contributed by atoms with Crippen molar-refractivity contribution in [2.45, 2.75) is 111 Å². The SMILES string of the molecule is CN(C)c1ccc(-c2ccc(N3C(C4CCCN4[C@@]4(C(=O)NC(=O)O)c5ccc(cc5)C4(C)CC(N)=O)CC[C@@H]3C3CCCN3[C@@]3(C(=O)NC(=O)O)c4ccc(cc4)C3(C)CC(N)=O)cc2)cn1. The van der Waals surface area contributed by atoms with Crippen LogP contribution in [0, 0.1) is 0 Å². The van der Waals surface area contributed by atoms with E-state index < -0.39 is 57.7 Å². The number of fused-ring (bicyclic) bond motifs is 6. The van der Waals surface area contributed by atoms with Gasteiger partial charge < -0.3 is 31.5 Å². The maximum absolute atomic E-state index is 15.0. The zero-order chi connectivity index (χ0) is 48.5. The number of nitrogens with two attached hydrogens (primary N) is 2. The molecule has 5 unspecified atom stereocenters. The Bertz CT molecular complexity index is 2530. The molecule has 4 heterocycles. The van der Waals surface area contributed by atoms with Gasteiger partial charge in [0.25, 0.3) is 11.8 Å². The lowest BCUT2D eigenvalue weighted by Gasteiger charge is -2.58. The van der Waals surface area contributed by atoms with Gasteiger partial charge in [0.2, 0.25) is 11.8 Å². The van der Waals surface area contributed by atoms with Crippen molar-refractivity contribution in [3.05, 3.63) is 113 Å². The summed E-state index contributed by atoms with van der Waals surface area (Å²) in [4.78, 5) is 94.1. The first-order valence-electron chi connectivity index (χ1n) is 23.3. The molecule has 4 bridgehead atoms. The number of pyridine rings is 1. The molecule has 6 amide bonds. The van der Waals surface area contributed by atoms with Crippen molar-refractivity contribution >= 4 is 47.3 Å². The van der Waals surface area contributed by atoms with Crippen molar-refractivity contribution in [3.8, 4) is 11.1 Å². The number of nitrogens with one attached hydrogen (secondary N) is 2. The third-order valence-electron chi connectivity index (χ3n) is 16.2. The Hall–Kier alpha value is -6.85. The minimum absolute atomic E-state index is 0.220. The summed E-state index contributed by atoms with van der Waals surface area (Å²) in [5.74, 6) is -1.95. The second-order valence-electron chi connectivity index (χ2n) is 19.8. The molecular weight excluding hydrogens is 867 g/mol. The lowest BCUT2D eigenvalue weighted by molar-refractivity contribution is -0.144. The van der Waals surface area contributed by atoms with Gasteiger partial charge in [-0.25, -0.2) is 14.6 Å². The number of primary amides is 2. The first-order valence-corrected chi connectivity index (χ1v) is 23.3. The monoisotopic (exact) mass is 925 g/mol. The second kappa shape index (κ2) is 17.0. The Balaban J connectivity index is 1.19. The third-order valence-corrected chi connectivity index (χ3v) is 16.2. The van der Waals surface area contributed by atoms with Crippen LogP contribution in [0.5, 0.6) is 0 Å². The van der Waals surface area contributed by atoms with E-state index in [2.05, 4.69) is 54.6 Å². The van der Waals surface area contributed by atoms with E-state index in [1.165, 1.54) is 0 Å². The molecule has 1 aromatic heterocycles. The van der Waals surface area contributed by atoms with E-state index in [0.717, 1.165) is 22.6 Å². The lowest BCUT2D eigenvalue weighted by Crippen LogP contribution is -2.72. The average Bonchev–Trinajstić information content (AvgIpc) is 4.07. The topological polar surface area (TPSA) is 245 Å². The van der Waals surface area contributed by atoms with Crippen LogP contribution in [0.1, 0.15) is 87.5 Å². The molecule has 3 saturated heterocycles. The maximum atomic E-state index is 15.0. The Labute approximate surface area is 394 Å². The summed E-state index contributed by atoms with van der Waals surface area (Å²) < 4.78 is 0. The number of amides is 6. The van der Waals surface area contributed by atoms with Crippen LogP contribution in [-0.4, -0.2) is 112 Å². The first kappa shape index (κ1) is 46.3. The fraction of sp³-hybridized carbons (Fsp3) is 0.431. The summed E-state index contributed by atoms with van der Waals surface area (Å²) in [6.45, 7) is 4.48. The molecule has 17 nitrogen and oxygen atoms in total. The van der Waals surface area contributed by atoms with Gasteiger partial charge in [-0.2, -0.15) is 0 Å². The van der Waals surface area contributed by atoms with Gasteiger partial charge in [0.15, 0.2) is 0 Å². The number of likely N-dealkylation sites (tertiary alicyclic amines) is 2. The number of carbonyl (C=O) groups excluding carboxylic acids is 4. The zero-order valence-electron chi connectivity index (χ0n) is 38.8. The number of carbonyl (C=O) groups is 6. The number of nitrogens with zero attached hydrogens (tertiary/aromatic N) is 5. The molecule has 3 aliphatic heterocycles. The van der Waals surface area contributed by atoms with Crippen LogP contribution in [0.25, 0.3) is 11.1 Å². The van der Waals surface area contributed by atoms with E-state index in [1.54, 1.807) is 0 Å². The number of hydrogen-bond donors (Lipinski definition) is 6. The molecule has 7 aliphatic rings. The minimum atomic E-state index is -1.64. The number of rotatable bonds is 13.